The lowest BCUT2D eigenvalue weighted by atomic mass is 9.70. The molecule has 174 valence electrons. The van der Waals surface area contributed by atoms with Gasteiger partial charge in [0.1, 0.15) is 5.75 Å². The number of hydrogen-bond donors (Lipinski definition) is 0. The predicted octanol–water partition coefficient (Wildman–Crippen LogP) is 6.77. The van der Waals surface area contributed by atoms with Crippen molar-refractivity contribution in [2.45, 2.75) is 57.5 Å². The Hall–Kier alpha value is -3.16. The average Bonchev–Trinajstić information content (AvgIpc) is 3.28. The Morgan fingerprint density at radius 2 is 1.73 bits per heavy atom. The normalized spacial score (nSPS) is 15.9. The van der Waals surface area contributed by atoms with Crippen LogP contribution in [-0.2, 0) is 5.41 Å². The minimum absolute atomic E-state index is 0.0377. The molecule has 8 heteroatoms. The number of nitrogens with zero attached hydrogens (tertiary/aromatic N) is 2. The Bertz CT molecular complexity index is 1130. The highest BCUT2D eigenvalue weighted by Gasteiger charge is 2.34. The summed E-state index contributed by atoms with van der Waals surface area (Å²) < 4.78 is 49.0. The number of aromatic nitrogens is 2. The third kappa shape index (κ3) is 5.26. The smallest absolute Gasteiger partial charge is 0.422 e. The van der Waals surface area contributed by atoms with E-state index in [1.165, 1.54) is 6.92 Å². The first-order valence-corrected chi connectivity index (χ1v) is 10.9. The van der Waals surface area contributed by atoms with Crippen LogP contribution in [0.5, 0.6) is 5.75 Å². The van der Waals surface area contributed by atoms with Crippen LogP contribution in [0.2, 0.25) is 0 Å². The van der Waals surface area contributed by atoms with E-state index >= 15 is 0 Å². The molecule has 4 rings (SSSR count). The molecule has 0 atom stereocenters. The van der Waals surface area contributed by atoms with Gasteiger partial charge in [0.15, 0.2) is 12.4 Å². The highest BCUT2D eigenvalue weighted by Crippen LogP contribution is 2.44. The van der Waals surface area contributed by atoms with Crippen molar-refractivity contribution in [3.8, 4) is 28.6 Å². The van der Waals surface area contributed by atoms with Crippen molar-refractivity contribution in [2.24, 2.45) is 0 Å². The molecule has 0 aliphatic heterocycles. The number of carbonyl (C=O) groups excluding carboxylic acids is 1. The van der Waals surface area contributed by atoms with E-state index in [-0.39, 0.29) is 16.9 Å². The lowest BCUT2D eigenvalue weighted by molar-refractivity contribution is -0.153. The SMILES string of the molecule is CC(=O)c1ccc(-c2nc(-c3ccc(OCC(F)(F)F)c(C4(C)CCCCC4)c3)no2)cc1. The van der Waals surface area contributed by atoms with Crippen LogP contribution in [0, 0.1) is 0 Å². The summed E-state index contributed by atoms with van der Waals surface area (Å²) in [5, 5.41) is 4.07. The van der Waals surface area contributed by atoms with Crippen molar-refractivity contribution in [3.05, 3.63) is 53.6 Å². The van der Waals surface area contributed by atoms with E-state index in [2.05, 4.69) is 17.1 Å². The number of benzene rings is 2. The summed E-state index contributed by atoms with van der Waals surface area (Å²) in [5.74, 6) is 0.833. The Morgan fingerprint density at radius 3 is 2.36 bits per heavy atom. The van der Waals surface area contributed by atoms with E-state index in [1.54, 1.807) is 36.4 Å². The second-order valence-electron chi connectivity index (χ2n) is 8.79. The van der Waals surface area contributed by atoms with Gasteiger partial charge in [-0.15, -0.1) is 0 Å². The van der Waals surface area contributed by atoms with Crippen LogP contribution < -0.4 is 4.74 Å². The molecule has 1 aromatic heterocycles. The second kappa shape index (κ2) is 9.00. The van der Waals surface area contributed by atoms with Gasteiger partial charge < -0.3 is 9.26 Å². The largest absolute Gasteiger partial charge is 0.484 e. The fourth-order valence-electron chi connectivity index (χ4n) is 4.33. The van der Waals surface area contributed by atoms with Crippen molar-refractivity contribution in [1.82, 2.24) is 10.1 Å². The van der Waals surface area contributed by atoms with Crippen molar-refractivity contribution >= 4 is 5.78 Å². The van der Waals surface area contributed by atoms with Gasteiger partial charge >= 0.3 is 6.18 Å². The van der Waals surface area contributed by atoms with Gasteiger partial charge in [-0.1, -0.05) is 43.5 Å². The van der Waals surface area contributed by atoms with Crippen LogP contribution in [-0.4, -0.2) is 28.7 Å². The summed E-state index contributed by atoms with van der Waals surface area (Å²) in [4.78, 5) is 15.9. The molecule has 0 amide bonds. The maximum atomic E-state index is 12.8. The van der Waals surface area contributed by atoms with Crippen LogP contribution in [0.25, 0.3) is 22.8 Å². The molecule has 0 N–H and O–H groups in total. The quantitative estimate of drug-likeness (QED) is 0.382. The van der Waals surface area contributed by atoms with E-state index in [4.69, 9.17) is 9.26 Å². The summed E-state index contributed by atoms with van der Waals surface area (Å²) in [6.07, 6.45) is 0.482. The summed E-state index contributed by atoms with van der Waals surface area (Å²) in [6.45, 7) is 2.23. The van der Waals surface area contributed by atoms with Gasteiger partial charge in [-0.3, -0.25) is 4.79 Å². The number of ether oxygens (including phenoxy) is 1. The van der Waals surface area contributed by atoms with Gasteiger partial charge in [0.2, 0.25) is 5.82 Å². The van der Waals surface area contributed by atoms with Gasteiger partial charge in [0.25, 0.3) is 5.89 Å². The highest BCUT2D eigenvalue weighted by atomic mass is 19.4. The Balaban J connectivity index is 1.67. The Morgan fingerprint density at radius 1 is 1.06 bits per heavy atom. The zero-order chi connectivity index (χ0) is 23.6. The van der Waals surface area contributed by atoms with Crippen LogP contribution in [0.3, 0.4) is 0 Å². The molecule has 1 heterocycles. The van der Waals surface area contributed by atoms with Crippen LogP contribution in [0.15, 0.2) is 47.0 Å². The van der Waals surface area contributed by atoms with Gasteiger partial charge in [-0.2, -0.15) is 18.2 Å². The fourth-order valence-corrected chi connectivity index (χ4v) is 4.33. The number of hydrogen-bond acceptors (Lipinski definition) is 5. The summed E-state index contributed by atoms with van der Waals surface area (Å²) in [5.41, 5.74) is 2.35. The molecule has 1 aliphatic carbocycles. The fraction of sp³-hybridized carbons (Fsp3) is 0.400. The summed E-state index contributed by atoms with van der Waals surface area (Å²) in [6, 6.07) is 11.9. The van der Waals surface area contributed by atoms with E-state index in [0.717, 1.165) is 37.7 Å². The van der Waals surface area contributed by atoms with Gasteiger partial charge in [0.05, 0.1) is 0 Å². The summed E-state index contributed by atoms with van der Waals surface area (Å²) >= 11 is 0. The minimum atomic E-state index is -4.41. The molecule has 1 saturated carbocycles. The van der Waals surface area contributed by atoms with Crippen LogP contribution in [0.4, 0.5) is 13.2 Å². The monoisotopic (exact) mass is 458 g/mol. The molecular weight excluding hydrogens is 433 g/mol. The molecule has 0 unspecified atom stereocenters. The lowest BCUT2D eigenvalue weighted by Gasteiger charge is -2.35. The first-order valence-electron chi connectivity index (χ1n) is 10.9. The maximum Gasteiger partial charge on any atom is 0.422 e. The van der Waals surface area contributed by atoms with Crippen molar-refractivity contribution in [1.29, 1.82) is 0 Å². The molecule has 3 aromatic rings. The molecule has 1 fully saturated rings. The Kier molecular flexibility index (Phi) is 6.28. The van der Waals surface area contributed by atoms with E-state index in [0.29, 0.717) is 28.4 Å². The molecule has 1 aliphatic rings. The average molecular weight is 458 g/mol. The molecule has 0 bridgehead atoms. The maximum absolute atomic E-state index is 12.8. The van der Waals surface area contributed by atoms with E-state index in [9.17, 15) is 18.0 Å². The van der Waals surface area contributed by atoms with Gasteiger partial charge in [-0.05, 0) is 55.5 Å². The summed E-state index contributed by atoms with van der Waals surface area (Å²) in [7, 11) is 0. The number of alkyl halides is 3. The number of Topliss-reactive ketones (excluding diaryl/α,β-unsaturated/α-hetero) is 1. The Labute approximate surface area is 190 Å². The van der Waals surface area contributed by atoms with Crippen molar-refractivity contribution in [2.75, 3.05) is 6.61 Å². The highest BCUT2D eigenvalue weighted by molar-refractivity contribution is 5.94. The molecular formula is C25H25F3N2O3. The third-order valence-electron chi connectivity index (χ3n) is 6.20. The van der Waals surface area contributed by atoms with Crippen molar-refractivity contribution in [3.63, 3.8) is 0 Å². The molecule has 5 nitrogen and oxygen atoms in total. The second-order valence-corrected chi connectivity index (χ2v) is 8.79. The van der Waals surface area contributed by atoms with Gasteiger partial charge in [0, 0.05) is 22.3 Å². The number of ketones is 1. The topological polar surface area (TPSA) is 65.2 Å². The van der Waals surface area contributed by atoms with Crippen molar-refractivity contribution < 1.29 is 27.2 Å². The number of rotatable bonds is 6. The molecule has 0 radical (unpaired) electrons. The van der Waals surface area contributed by atoms with E-state index in [1.807, 2.05) is 6.07 Å². The molecule has 0 spiro atoms. The van der Waals surface area contributed by atoms with Crippen LogP contribution >= 0.6 is 0 Å². The zero-order valence-electron chi connectivity index (χ0n) is 18.5. The molecule has 33 heavy (non-hydrogen) atoms. The van der Waals surface area contributed by atoms with E-state index < -0.39 is 12.8 Å². The van der Waals surface area contributed by atoms with Crippen LogP contribution in [0.1, 0.15) is 61.9 Å². The number of halogens is 3. The zero-order valence-corrected chi connectivity index (χ0v) is 18.5. The minimum Gasteiger partial charge on any atom is -0.484 e. The third-order valence-corrected chi connectivity index (χ3v) is 6.20. The standard InChI is InChI=1S/C25H25F3N2O3/c1-16(31)17-6-8-18(9-7-17)23-29-22(30-33-23)19-10-11-21(32-15-25(26,27)28)20(14-19)24(2)12-4-3-5-13-24/h6-11,14H,3-5,12-13,15H2,1-2H3. The number of carbonyl (C=O) groups is 1. The molecule has 2 aromatic carbocycles. The lowest BCUT2D eigenvalue weighted by Crippen LogP contribution is -2.27. The predicted molar refractivity (Wildman–Crippen MR) is 117 cm³/mol. The molecule has 0 saturated heterocycles. The first kappa shape index (κ1) is 23.0. The first-order chi connectivity index (χ1) is 15.6. The van der Waals surface area contributed by atoms with Gasteiger partial charge in [-0.25, -0.2) is 0 Å².